The van der Waals surface area contributed by atoms with Gasteiger partial charge in [0, 0.05) is 113 Å². The van der Waals surface area contributed by atoms with Crippen molar-refractivity contribution < 1.29 is 61.7 Å². The fourth-order valence-corrected chi connectivity index (χ4v) is 11.5. The summed E-state index contributed by atoms with van der Waals surface area (Å²) in [5, 5.41) is 37.1. The van der Waals surface area contributed by atoms with E-state index in [0.717, 1.165) is 107 Å². The molecule has 358 valence electrons. The van der Waals surface area contributed by atoms with Crippen LogP contribution < -0.4 is 4.90 Å². The number of ketones is 1. The van der Waals surface area contributed by atoms with Gasteiger partial charge in [-0.3, -0.25) is 4.79 Å². The van der Waals surface area contributed by atoms with Crippen LogP contribution in [-0.4, -0.2) is 82.8 Å². The summed E-state index contributed by atoms with van der Waals surface area (Å²) in [5.74, 6) is 1.66. The Hall–Kier alpha value is -2.86. The molecule has 0 atom stereocenters. The fraction of sp³-hybridized carbons (Fsp3) is 0.522. The lowest BCUT2D eigenvalue weighted by Gasteiger charge is -2.33. The van der Waals surface area contributed by atoms with Gasteiger partial charge >= 0.3 is 0 Å². The molecular formula is C46H64N3O12S4+. The maximum Gasteiger partial charge on any atom is 0.242 e. The van der Waals surface area contributed by atoms with E-state index < -0.39 is 15.4 Å². The highest BCUT2D eigenvalue weighted by Crippen LogP contribution is 2.49. The summed E-state index contributed by atoms with van der Waals surface area (Å²) in [4.78, 5) is 16.1. The molecule has 0 radical (unpaired) electrons. The molecule has 19 heteroatoms. The number of hydrogen-bond donors (Lipinski definition) is 3. The standard InChI is InChI=1S/C46H63N3O12S4/c1-44(2,3)43(50)34-20-18-33(19-21-34)32-47(8)65(54,55)36-23-25-40-38(31-36)46(6,7)42(49(40)27-15-29-63-60-57-52)17-13-11-9-10-12-16-41-45(4,5)37-30-35(64-61-58-53)22-24-39(37)48(41)26-14-28-62-59-56-51/h9-13,16-17,22-25,30-31,33-34H,14-15,18-21,26-29,32H2,1-8H3,(H2-,51,52,53)/p+1. The van der Waals surface area contributed by atoms with Gasteiger partial charge in [0.25, 0.3) is 0 Å². The molecule has 0 amide bonds. The molecule has 0 unspecified atom stereocenters. The summed E-state index contributed by atoms with van der Waals surface area (Å²) in [6.45, 7) is 16.1. The minimum Gasteiger partial charge on any atom is -0.344 e. The quantitative estimate of drug-likeness (QED) is 0.0226. The van der Waals surface area contributed by atoms with Gasteiger partial charge in [-0.2, -0.15) is 4.58 Å². The zero-order chi connectivity index (χ0) is 47.4. The van der Waals surface area contributed by atoms with Crippen molar-refractivity contribution in [1.82, 2.24) is 4.31 Å². The molecule has 5 rings (SSSR count). The van der Waals surface area contributed by atoms with Crippen molar-refractivity contribution >= 4 is 69.0 Å². The van der Waals surface area contributed by atoms with Crippen LogP contribution in [0.4, 0.5) is 11.4 Å². The van der Waals surface area contributed by atoms with Gasteiger partial charge in [-0.15, -0.1) is 13.0 Å². The molecule has 1 fully saturated rings. The number of nitrogens with zero attached hydrogens (tertiary/aromatic N) is 3. The first-order valence-electron chi connectivity index (χ1n) is 21.7. The molecule has 3 N–H and O–H groups in total. The zero-order valence-corrected chi connectivity index (χ0v) is 41.7. The summed E-state index contributed by atoms with van der Waals surface area (Å²) in [6.07, 6.45) is 18.7. The maximum absolute atomic E-state index is 14.1. The van der Waals surface area contributed by atoms with Crippen LogP contribution >= 0.6 is 36.1 Å². The van der Waals surface area contributed by atoms with Crippen molar-refractivity contribution in [3.05, 3.63) is 95.8 Å². The zero-order valence-electron chi connectivity index (χ0n) is 38.4. The third-order valence-electron chi connectivity index (χ3n) is 12.4. The number of carbonyl (C=O) groups is 1. The molecule has 1 aliphatic carbocycles. The van der Waals surface area contributed by atoms with E-state index in [9.17, 15) is 13.2 Å². The smallest absolute Gasteiger partial charge is 0.242 e. The fourth-order valence-electron chi connectivity index (χ4n) is 9.08. The van der Waals surface area contributed by atoms with Crippen LogP contribution in [0.15, 0.2) is 94.4 Å². The minimum atomic E-state index is -3.80. The van der Waals surface area contributed by atoms with Crippen LogP contribution in [0.5, 0.6) is 0 Å². The Morgan fingerprint density at radius 3 is 2.15 bits per heavy atom. The normalized spacial score (nSPS) is 20.4. The van der Waals surface area contributed by atoms with Crippen molar-refractivity contribution in [1.29, 1.82) is 0 Å². The molecule has 15 nitrogen and oxygen atoms in total. The first-order chi connectivity index (χ1) is 30.9. The lowest BCUT2D eigenvalue weighted by molar-refractivity contribution is -0.438. The lowest BCUT2D eigenvalue weighted by atomic mass is 9.73. The third-order valence-corrected chi connectivity index (χ3v) is 16.0. The van der Waals surface area contributed by atoms with E-state index in [1.165, 1.54) is 4.31 Å². The average molecular weight is 979 g/mol. The first-order valence-corrected chi connectivity index (χ1v) is 25.7. The number of carbonyl (C=O) groups excluding carboxylic acids is 1. The molecule has 2 aliphatic heterocycles. The molecule has 2 aromatic rings. The highest BCUT2D eigenvalue weighted by Gasteiger charge is 2.45. The Balaban J connectivity index is 1.33. The van der Waals surface area contributed by atoms with Crippen molar-refractivity contribution in [2.24, 2.45) is 17.3 Å². The number of fused-ring (bicyclic) bond motifs is 2. The van der Waals surface area contributed by atoms with Gasteiger partial charge in [-0.1, -0.05) is 80.1 Å². The van der Waals surface area contributed by atoms with Gasteiger partial charge < -0.3 is 4.90 Å². The predicted molar refractivity (Wildman–Crippen MR) is 256 cm³/mol. The summed E-state index contributed by atoms with van der Waals surface area (Å²) >= 11 is 2.93. The second kappa shape index (κ2) is 23.9. The van der Waals surface area contributed by atoms with Crippen molar-refractivity contribution in [3.8, 4) is 0 Å². The minimum absolute atomic E-state index is 0.0388. The molecule has 65 heavy (non-hydrogen) atoms. The van der Waals surface area contributed by atoms with Crippen LogP contribution in [0.25, 0.3) is 0 Å². The van der Waals surface area contributed by atoms with Crippen LogP contribution in [0.1, 0.15) is 98.1 Å². The number of sulfonamides is 1. The number of hydrogen-bond acceptors (Lipinski definition) is 16. The average Bonchev–Trinajstić information content (AvgIpc) is 3.61. The van der Waals surface area contributed by atoms with E-state index in [1.54, 1.807) is 13.1 Å². The molecule has 1 saturated carbocycles. The molecule has 0 saturated heterocycles. The van der Waals surface area contributed by atoms with Gasteiger partial charge in [0.2, 0.25) is 15.7 Å². The molecule has 0 aromatic heterocycles. The monoisotopic (exact) mass is 978 g/mol. The first kappa shape index (κ1) is 53.1. The van der Waals surface area contributed by atoms with E-state index in [2.05, 4.69) is 77.4 Å². The van der Waals surface area contributed by atoms with Gasteiger partial charge in [0.05, 0.1) is 22.4 Å². The van der Waals surface area contributed by atoms with E-state index in [4.69, 9.17) is 15.8 Å². The Kier molecular flexibility index (Phi) is 19.5. The number of Topliss-reactive ketones (excluding diaryl/α,β-unsaturated/α-hetero) is 1. The van der Waals surface area contributed by atoms with Gasteiger partial charge in [-0.05, 0) is 93.8 Å². The Bertz CT molecular complexity index is 2210. The summed E-state index contributed by atoms with van der Waals surface area (Å²) in [7, 11) is -2.15. The topological polar surface area (TPSA) is 177 Å². The molecule has 2 aromatic carbocycles. The van der Waals surface area contributed by atoms with E-state index >= 15 is 0 Å². The SMILES string of the molecule is CN(CC1CCC(C(=O)C(C)(C)C)CC1)S(=O)(=O)c1ccc2c(c1)C(C)(C)\C(=C/C=C/C=C/C=C/C1=[N+](CCCSOOO)c3ccc(SOOO)cc3C1(C)C)N2CCCSOOO. The van der Waals surface area contributed by atoms with Crippen LogP contribution in [0.2, 0.25) is 0 Å². The summed E-state index contributed by atoms with van der Waals surface area (Å²) in [6, 6.07) is 11.3. The molecule has 0 bridgehead atoms. The predicted octanol–water partition coefficient (Wildman–Crippen LogP) is 10.8. The Morgan fingerprint density at radius 1 is 0.846 bits per heavy atom. The highest BCUT2D eigenvalue weighted by molar-refractivity contribution is 7.95. The van der Waals surface area contributed by atoms with Crippen LogP contribution in [0, 0.1) is 17.3 Å². The molecule has 0 spiro atoms. The largest absolute Gasteiger partial charge is 0.344 e. The maximum atomic E-state index is 14.1. The number of benzene rings is 2. The van der Waals surface area contributed by atoms with Gasteiger partial charge in [0.1, 0.15) is 12.3 Å². The van der Waals surface area contributed by atoms with Crippen molar-refractivity contribution in [2.45, 2.75) is 108 Å². The molecule has 3 aliphatic rings. The van der Waals surface area contributed by atoms with E-state index in [-0.39, 0.29) is 27.6 Å². The number of rotatable bonds is 24. The van der Waals surface area contributed by atoms with Gasteiger partial charge in [0.15, 0.2) is 5.71 Å². The van der Waals surface area contributed by atoms with E-state index in [0.29, 0.717) is 43.3 Å². The van der Waals surface area contributed by atoms with Crippen LogP contribution in [-0.2, 0) is 53.8 Å². The summed E-state index contributed by atoms with van der Waals surface area (Å²) < 4.78 is 45.8. The second-order valence-electron chi connectivity index (χ2n) is 18.5. The van der Waals surface area contributed by atoms with Crippen molar-refractivity contribution in [2.75, 3.05) is 43.1 Å². The lowest BCUT2D eigenvalue weighted by Crippen LogP contribution is -2.36. The Morgan fingerprint density at radius 2 is 1.49 bits per heavy atom. The number of allylic oxidation sites excluding steroid dienone is 8. The van der Waals surface area contributed by atoms with E-state index in [1.807, 2.05) is 81.5 Å². The highest BCUT2D eigenvalue weighted by atomic mass is 32.2. The Labute approximate surface area is 396 Å². The van der Waals surface area contributed by atoms with Gasteiger partial charge in [-0.25, -0.2) is 28.5 Å². The second-order valence-corrected chi connectivity index (χ2v) is 22.8. The van der Waals surface area contributed by atoms with Crippen molar-refractivity contribution in [3.63, 3.8) is 0 Å². The van der Waals surface area contributed by atoms with Crippen LogP contribution in [0.3, 0.4) is 0 Å². The molecule has 2 heterocycles. The molecular weight excluding hydrogens is 915 g/mol. The third kappa shape index (κ3) is 13.2. The number of anilines is 1. The summed E-state index contributed by atoms with van der Waals surface area (Å²) in [5.41, 5.74) is 4.74.